The molecule has 0 unspecified atom stereocenters. The number of benzene rings is 3. The molecule has 7 nitrogen and oxygen atoms in total. The number of aromatic nitrogens is 3. The summed E-state index contributed by atoms with van der Waals surface area (Å²) < 4.78 is 8.14. The number of ether oxygens (including phenoxy) is 1. The molecule has 1 amide bonds. The van der Waals surface area contributed by atoms with Crippen molar-refractivity contribution in [3.63, 3.8) is 0 Å². The number of likely N-dealkylation sites (N-methyl/N-ethyl adjacent to an activating group) is 1. The molecule has 0 saturated heterocycles. The van der Waals surface area contributed by atoms with Crippen LogP contribution in [0.5, 0.6) is 5.75 Å². The average molecular weight is 536 g/mol. The summed E-state index contributed by atoms with van der Waals surface area (Å²) in [4.78, 5) is 19.1. The number of hydrogen-bond acceptors (Lipinski definition) is 5. The smallest absolute Gasteiger partial charge is 0.249 e. The summed E-state index contributed by atoms with van der Waals surface area (Å²) in [6.07, 6.45) is 9.37. The van der Waals surface area contributed by atoms with E-state index in [-0.39, 0.29) is 5.60 Å². The predicted octanol–water partition coefficient (Wildman–Crippen LogP) is 6.59. The van der Waals surface area contributed by atoms with Gasteiger partial charge < -0.3 is 15.4 Å². The highest BCUT2D eigenvalue weighted by Crippen LogP contribution is 2.33. The second-order valence-electron chi connectivity index (χ2n) is 11.1. The van der Waals surface area contributed by atoms with Gasteiger partial charge in [0.25, 0.3) is 0 Å². The van der Waals surface area contributed by atoms with Crippen LogP contribution in [0, 0.1) is 0 Å². The van der Waals surface area contributed by atoms with E-state index >= 15 is 0 Å². The molecule has 0 spiro atoms. The van der Waals surface area contributed by atoms with Crippen molar-refractivity contribution in [2.45, 2.75) is 45.6 Å². The van der Waals surface area contributed by atoms with Crippen molar-refractivity contribution in [2.24, 2.45) is 5.73 Å². The van der Waals surface area contributed by atoms with Gasteiger partial charge in [0.05, 0.1) is 6.20 Å². The molecule has 0 aliphatic carbocycles. The molecule has 2 N–H and O–H groups in total. The highest BCUT2D eigenvalue weighted by molar-refractivity contribution is 6.10. The minimum Gasteiger partial charge on any atom is -0.487 e. The van der Waals surface area contributed by atoms with Gasteiger partial charge in [0, 0.05) is 35.6 Å². The standard InChI is InChI=1S/C33H37N5O2/c1-5-6-7-18-37(4)22-33(2,3)40-25-16-14-23(15-17-25)24-19-35-32-30(20-36-38(32)21-24)28-12-8-11-27-26(28)10-9-13-29(27)31(34)39/h8-17,19-21H,5-7,18,22H2,1-4H3,(H2,34,39). The van der Waals surface area contributed by atoms with Gasteiger partial charge >= 0.3 is 0 Å². The van der Waals surface area contributed by atoms with Gasteiger partial charge in [-0.15, -0.1) is 0 Å². The lowest BCUT2D eigenvalue weighted by atomic mass is 9.96. The van der Waals surface area contributed by atoms with Crippen LogP contribution >= 0.6 is 0 Å². The molecule has 0 radical (unpaired) electrons. The summed E-state index contributed by atoms with van der Waals surface area (Å²) in [6, 6.07) is 19.6. The Balaban J connectivity index is 1.35. The van der Waals surface area contributed by atoms with Crippen LogP contribution in [0.2, 0.25) is 0 Å². The molecule has 0 atom stereocenters. The summed E-state index contributed by atoms with van der Waals surface area (Å²) in [7, 11) is 2.16. The third-order valence-electron chi connectivity index (χ3n) is 7.21. The second-order valence-corrected chi connectivity index (χ2v) is 11.1. The Hall–Kier alpha value is -4.23. The van der Waals surface area contributed by atoms with Gasteiger partial charge in [-0.05, 0) is 74.0 Å². The minimum absolute atomic E-state index is 0.297. The lowest BCUT2D eigenvalue weighted by Crippen LogP contribution is -2.41. The highest BCUT2D eigenvalue weighted by Gasteiger charge is 2.22. The Kier molecular flexibility index (Phi) is 7.85. The zero-order valence-electron chi connectivity index (χ0n) is 23.7. The van der Waals surface area contributed by atoms with Crippen LogP contribution in [0.1, 0.15) is 50.4 Å². The summed E-state index contributed by atoms with van der Waals surface area (Å²) in [6.45, 7) is 8.44. The SMILES string of the molecule is CCCCCN(C)CC(C)(C)Oc1ccc(-c2cnc3c(-c4cccc5c(C(N)=O)cccc45)cnn3c2)cc1. The van der Waals surface area contributed by atoms with Gasteiger partial charge in [0.1, 0.15) is 11.4 Å². The summed E-state index contributed by atoms with van der Waals surface area (Å²) >= 11 is 0. The van der Waals surface area contributed by atoms with Crippen LogP contribution in [0.25, 0.3) is 38.7 Å². The molecular formula is C33H37N5O2. The van der Waals surface area contributed by atoms with Crippen molar-refractivity contribution in [2.75, 3.05) is 20.1 Å². The topological polar surface area (TPSA) is 85.7 Å². The molecular weight excluding hydrogens is 498 g/mol. The van der Waals surface area contributed by atoms with Gasteiger partial charge in [-0.25, -0.2) is 9.50 Å². The normalized spacial score (nSPS) is 11.9. The largest absolute Gasteiger partial charge is 0.487 e. The molecule has 40 heavy (non-hydrogen) atoms. The molecule has 0 aliphatic heterocycles. The van der Waals surface area contributed by atoms with E-state index < -0.39 is 5.91 Å². The molecule has 7 heteroatoms. The number of primary amides is 1. The van der Waals surface area contributed by atoms with Gasteiger partial charge in [0.15, 0.2) is 5.65 Å². The van der Waals surface area contributed by atoms with Gasteiger partial charge in [-0.2, -0.15) is 5.10 Å². The molecule has 5 aromatic rings. The lowest BCUT2D eigenvalue weighted by Gasteiger charge is -2.31. The number of carbonyl (C=O) groups is 1. The average Bonchev–Trinajstić information content (AvgIpc) is 3.35. The fourth-order valence-corrected chi connectivity index (χ4v) is 5.40. The lowest BCUT2D eigenvalue weighted by molar-refractivity contribution is 0.0686. The molecule has 0 bridgehead atoms. The number of unbranched alkanes of at least 4 members (excludes halogenated alkanes) is 2. The van der Waals surface area contributed by atoms with Crippen molar-refractivity contribution < 1.29 is 9.53 Å². The van der Waals surface area contributed by atoms with Crippen LogP contribution in [-0.2, 0) is 0 Å². The number of nitrogens with two attached hydrogens (primary N) is 1. The van der Waals surface area contributed by atoms with E-state index in [1.165, 1.54) is 19.3 Å². The molecule has 0 fully saturated rings. The van der Waals surface area contributed by atoms with Crippen molar-refractivity contribution in [1.29, 1.82) is 0 Å². The van der Waals surface area contributed by atoms with E-state index in [1.54, 1.807) is 10.6 Å². The van der Waals surface area contributed by atoms with Crippen LogP contribution < -0.4 is 10.5 Å². The van der Waals surface area contributed by atoms with Crippen LogP contribution in [0.3, 0.4) is 0 Å². The fourth-order valence-electron chi connectivity index (χ4n) is 5.40. The number of rotatable bonds is 11. The molecule has 0 saturated carbocycles. The molecule has 2 aromatic heterocycles. The van der Waals surface area contributed by atoms with E-state index in [0.717, 1.165) is 57.5 Å². The quantitative estimate of drug-likeness (QED) is 0.193. The Labute approximate surface area is 235 Å². The van der Waals surface area contributed by atoms with Crippen molar-refractivity contribution >= 4 is 22.3 Å². The minimum atomic E-state index is -0.444. The zero-order valence-corrected chi connectivity index (χ0v) is 23.7. The predicted molar refractivity (Wildman–Crippen MR) is 162 cm³/mol. The maximum absolute atomic E-state index is 12.0. The maximum atomic E-state index is 12.0. The Morgan fingerprint density at radius 3 is 2.45 bits per heavy atom. The van der Waals surface area contributed by atoms with Crippen molar-refractivity contribution in [3.8, 4) is 28.0 Å². The monoisotopic (exact) mass is 535 g/mol. The Morgan fingerprint density at radius 2 is 1.70 bits per heavy atom. The summed E-state index contributed by atoms with van der Waals surface area (Å²) in [5.41, 5.74) is 10.4. The van der Waals surface area contributed by atoms with Crippen molar-refractivity contribution in [3.05, 3.63) is 84.8 Å². The third-order valence-corrected chi connectivity index (χ3v) is 7.21. The van der Waals surface area contributed by atoms with Crippen LogP contribution in [-0.4, -0.2) is 51.1 Å². The fraction of sp³-hybridized carbons (Fsp3) is 0.303. The zero-order chi connectivity index (χ0) is 28.3. The van der Waals surface area contributed by atoms with E-state index in [2.05, 4.69) is 50.0 Å². The first-order chi connectivity index (χ1) is 19.3. The number of carbonyl (C=O) groups excluding carboxylic acids is 1. The number of hydrogen-bond donors (Lipinski definition) is 1. The highest BCUT2D eigenvalue weighted by atomic mass is 16.5. The van der Waals surface area contributed by atoms with Crippen molar-refractivity contribution in [1.82, 2.24) is 19.5 Å². The molecule has 0 aliphatic rings. The van der Waals surface area contributed by atoms with Crippen LogP contribution in [0.15, 0.2) is 79.3 Å². The molecule has 2 heterocycles. The van der Waals surface area contributed by atoms with Gasteiger partial charge in [-0.3, -0.25) is 4.79 Å². The van der Waals surface area contributed by atoms with Crippen LogP contribution in [0.4, 0.5) is 0 Å². The van der Waals surface area contributed by atoms with E-state index in [9.17, 15) is 4.79 Å². The molecule has 206 valence electrons. The first-order valence-electron chi connectivity index (χ1n) is 13.9. The third kappa shape index (κ3) is 5.84. The van der Waals surface area contributed by atoms with E-state index in [4.69, 9.17) is 15.5 Å². The summed E-state index contributed by atoms with van der Waals surface area (Å²) in [5.74, 6) is 0.400. The Bertz CT molecular complexity index is 1640. The van der Waals surface area contributed by atoms with E-state index in [1.807, 2.05) is 61.1 Å². The molecule has 3 aromatic carbocycles. The van der Waals surface area contributed by atoms with E-state index in [0.29, 0.717) is 5.56 Å². The summed E-state index contributed by atoms with van der Waals surface area (Å²) in [5, 5.41) is 6.35. The Morgan fingerprint density at radius 1 is 0.950 bits per heavy atom. The second kappa shape index (κ2) is 11.5. The number of nitrogens with zero attached hydrogens (tertiary/aromatic N) is 4. The van der Waals surface area contributed by atoms with Gasteiger partial charge in [0.2, 0.25) is 5.91 Å². The first-order valence-corrected chi connectivity index (χ1v) is 13.9. The first kappa shape index (κ1) is 27.3. The molecule has 5 rings (SSSR count). The maximum Gasteiger partial charge on any atom is 0.249 e. The van der Waals surface area contributed by atoms with Gasteiger partial charge in [-0.1, -0.05) is 62.2 Å². The number of amides is 1. The number of fused-ring (bicyclic) bond motifs is 2.